The lowest BCUT2D eigenvalue weighted by atomic mass is 9.53. The number of nitrogens with zero attached hydrogens (tertiary/aromatic N) is 1. The Kier molecular flexibility index (Phi) is 5.68. The summed E-state index contributed by atoms with van der Waals surface area (Å²) < 4.78 is 22.5. The first kappa shape index (κ1) is 29.5. The number of fused-ring (bicyclic) bond motifs is 11. The molecule has 2 aromatic heterocycles. The van der Waals surface area contributed by atoms with E-state index in [9.17, 15) is 0 Å². The number of benzene rings is 6. The van der Waals surface area contributed by atoms with Gasteiger partial charge in [0.25, 0.3) is 0 Å². The van der Waals surface area contributed by atoms with Gasteiger partial charge in [0.2, 0.25) is 0 Å². The van der Waals surface area contributed by atoms with Gasteiger partial charge < -0.3 is 18.5 Å². The molecular formula is C45H36BNO3. The summed E-state index contributed by atoms with van der Waals surface area (Å²) in [5, 5.41) is 3.42. The lowest BCUT2D eigenvalue weighted by Gasteiger charge is -2.44. The molecule has 2 radical (unpaired) electrons. The maximum Gasteiger partial charge on any atom is 0.145 e. The van der Waals surface area contributed by atoms with Crippen molar-refractivity contribution in [1.82, 2.24) is 4.57 Å². The second-order valence-electron chi connectivity index (χ2n) is 16.0. The molecule has 0 atom stereocenters. The summed E-state index contributed by atoms with van der Waals surface area (Å²) in [6, 6.07) is 38.3. The van der Waals surface area contributed by atoms with Crippen LogP contribution in [0.3, 0.4) is 0 Å². The predicted octanol–water partition coefficient (Wildman–Crippen LogP) is 11.9. The third-order valence-corrected chi connectivity index (χ3v) is 10.9. The van der Waals surface area contributed by atoms with Crippen molar-refractivity contribution in [3.63, 3.8) is 0 Å². The van der Waals surface area contributed by atoms with E-state index >= 15 is 0 Å². The van der Waals surface area contributed by atoms with Gasteiger partial charge in [-0.05, 0) is 58.4 Å². The van der Waals surface area contributed by atoms with Gasteiger partial charge in [0.05, 0.1) is 30.0 Å². The average molecular weight is 650 g/mol. The van der Waals surface area contributed by atoms with E-state index in [4.69, 9.17) is 21.7 Å². The molecule has 0 saturated heterocycles. The second kappa shape index (κ2) is 9.63. The van der Waals surface area contributed by atoms with E-state index in [-0.39, 0.29) is 10.8 Å². The molecule has 6 aromatic carbocycles. The molecule has 10 rings (SSSR count). The highest BCUT2D eigenvalue weighted by atomic mass is 16.5. The third-order valence-electron chi connectivity index (χ3n) is 10.9. The van der Waals surface area contributed by atoms with Gasteiger partial charge in [-0.25, -0.2) is 0 Å². The average Bonchev–Trinajstić information content (AvgIpc) is 3.63. The highest BCUT2D eigenvalue weighted by molar-refractivity contribution is 6.24. The van der Waals surface area contributed by atoms with Crippen LogP contribution < -0.4 is 9.47 Å². The molecule has 0 bridgehead atoms. The lowest BCUT2D eigenvalue weighted by Crippen LogP contribution is -2.37. The minimum absolute atomic E-state index is 0.0681. The van der Waals surface area contributed by atoms with Crippen molar-refractivity contribution in [2.24, 2.45) is 0 Å². The van der Waals surface area contributed by atoms with Gasteiger partial charge in [0.1, 0.15) is 34.2 Å². The van der Waals surface area contributed by atoms with E-state index in [1.54, 1.807) is 0 Å². The smallest absolute Gasteiger partial charge is 0.145 e. The Labute approximate surface area is 292 Å². The van der Waals surface area contributed by atoms with Crippen LogP contribution in [0.25, 0.3) is 49.4 Å². The first-order chi connectivity index (χ1) is 23.9. The summed E-state index contributed by atoms with van der Waals surface area (Å²) in [5.74, 6) is 2.91. The topological polar surface area (TPSA) is 36.5 Å². The van der Waals surface area contributed by atoms with Gasteiger partial charge in [-0.15, -0.1) is 0 Å². The first-order valence-electron chi connectivity index (χ1n) is 17.4. The zero-order valence-corrected chi connectivity index (χ0v) is 29.1. The summed E-state index contributed by atoms with van der Waals surface area (Å²) in [6.07, 6.45) is 0. The SMILES string of the molecule is [B]C12c3cc(C(C)(C)C)ccc3Oc3cc(-n4c5ccccc5c5c6oc7ccccc7c6ccc54)cc(c31)Oc1ccc(C(C)(C)C)cc12. The maximum absolute atomic E-state index is 7.84. The zero-order valence-electron chi connectivity index (χ0n) is 29.1. The Morgan fingerprint density at radius 3 is 1.76 bits per heavy atom. The molecule has 0 spiro atoms. The Bertz CT molecular complexity index is 2660. The molecule has 0 amide bonds. The molecule has 2 aliphatic rings. The van der Waals surface area contributed by atoms with Crippen LogP contribution in [0.4, 0.5) is 0 Å². The van der Waals surface area contributed by atoms with Crippen molar-refractivity contribution in [1.29, 1.82) is 0 Å². The standard InChI is InChI=1S/C45H36BNO3/c1-43(2,3)25-15-19-36-31(21-25)45(46)32-22-26(44(4,5)6)16-20-37(32)49-39-24-27(23-38(48-36)41(39)45)47-33-13-9-7-12-30(33)40-34(47)18-17-29-28-11-8-10-14-35(28)50-42(29)40/h7-24H,1-6H3. The Hall–Kier alpha value is -5.42. The van der Waals surface area contributed by atoms with Crippen LogP contribution in [0.5, 0.6) is 23.0 Å². The molecule has 50 heavy (non-hydrogen) atoms. The summed E-state index contributed by atoms with van der Waals surface area (Å²) in [6.45, 7) is 13.4. The van der Waals surface area contributed by atoms with E-state index in [2.05, 4.69) is 143 Å². The van der Waals surface area contributed by atoms with Gasteiger partial charge in [-0.3, -0.25) is 0 Å². The van der Waals surface area contributed by atoms with Crippen LogP contribution >= 0.6 is 0 Å². The number of rotatable bonds is 1. The minimum atomic E-state index is -0.992. The number of para-hydroxylation sites is 2. The van der Waals surface area contributed by atoms with Gasteiger partial charge in [0, 0.05) is 50.3 Å². The summed E-state index contributed by atoms with van der Waals surface area (Å²) in [4.78, 5) is 0. The molecule has 242 valence electrons. The van der Waals surface area contributed by atoms with E-state index in [1.807, 2.05) is 12.1 Å². The summed E-state index contributed by atoms with van der Waals surface area (Å²) >= 11 is 0. The van der Waals surface area contributed by atoms with Gasteiger partial charge in [-0.2, -0.15) is 0 Å². The van der Waals surface area contributed by atoms with Crippen LogP contribution in [0.1, 0.15) is 69.4 Å². The fourth-order valence-electron chi connectivity index (χ4n) is 8.21. The van der Waals surface area contributed by atoms with Crippen molar-refractivity contribution in [3.8, 4) is 28.7 Å². The normalized spacial score (nSPS) is 14.8. The van der Waals surface area contributed by atoms with Crippen LogP contribution in [0.15, 0.2) is 114 Å². The highest BCUT2D eigenvalue weighted by Gasteiger charge is 2.47. The number of ether oxygens (including phenoxy) is 2. The monoisotopic (exact) mass is 649 g/mol. The Morgan fingerprint density at radius 1 is 0.560 bits per heavy atom. The fourth-order valence-corrected chi connectivity index (χ4v) is 8.21. The van der Waals surface area contributed by atoms with Crippen molar-refractivity contribution in [2.75, 3.05) is 0 Å². The van der Waals surface area contributed by atoms with Gasteiger partial charge in [0.15, 0.2) is 0 Å². The van der Waals surface area contributed by atoms with Crippen molar-refractivity contribution in [3.05, 3.63) is 137 Å². The Morgan fingerprint density at radius 2 is 1.14 bits per heavy atom. The van der Waals surface area contributed by atoms with Crippen molar-refractivity contribution in [2.45, 2.75) is 57.7 Å². The van der Waals surface area contributed by atoms with Crippen molar-refractivity contribution < 1.29 is 13.9 Å². The molecule has 4 nitrogen and oxygen atoms in total. The molecule has 4 heterocycles. The Balaban J connectivity index is 1.27. The van der Waals surface area contributed by atoms with Gasteiger partial charge >= 0.3 is 0 Å². The lowest BCUT2D eigenvalue weighted by molar-refractivity contribution is 0.398. The van der Waals surface area contributed by atoms with E-state index < -0.39 is 5.31 Å². The molecule has 5 heteroatoms. The van der Waals surface area contributed by atoms with Crippen LogP contribution in [0.2, 0.25) is 0 Å². The quantitative estimate of drug-likeness (QED) is 0.166. The number of furan rings is 1. The molecule has 0 unspecified atom stereocenters. The molecule has 0 aliphatic carbocycles. The van der Waals surface area contributed by atoms with Crippen LogP contribution in [0, 0.1) is 0 Å². The highest BCUT2D eigenvalue weighted by Crippen LogP contribution is 2.60. The van der Waals surface area contributed by atoms with E-state index in [0.717, 1.165) is 77.6 Å². The number of hydrogen-bond donors (Lipinski definition) is 0. The molecule has 0 saturated carbocycles. The molecule has 2 aliphatic heterocycles. The second-order valence-corrected chi connectivity index (χ2v) is 16.0. The van der Waals surface area contributed by atoms with E-state index in [0.29, 0.717) is 11.5 Å². The zero-order chi connectivity index (χ0) is 34.3. The van der Waals surface area contributed by atoms with Crippen molar-refractivity contribution >= 4 is 51.6 Å². The molecule has 0 fully saturated rings. The van der Waals surface area contributed by atoms with Crippen LogP contribution in [-0.2, 0) is 16.1 Å². The number of hydrogen-bond acceptors (Lipinski definition) is 3. The first-order valence-corrected chi connectivity index (χ1v) is 17.4. The summed E-state index contributed by atoms with van der Waals surface area (Å²) in [7, 11) is 7.84. The molecular weight excluding hydrogens is 613 g/mol. The van der Waals surface area contributed by atoms with Crippen LogP contribution in [-0.4, -0.2) is 12.4 Å². The minimum Gasteiger partial charge on any atom is -0.457 e. The molecule has 8 aromatic rings. The number of aromatic nitrogens is 1. The maximum atomic E-state index is 7.84. The predicted molar refractivity (Wildman–Crippen MR) is 204 cm³/mol. The van der Waals surface area contributed by atoms with Gasteiger partial charge in [-0.1, -0.05) is 102 Å². The largest absolute Gasteiger partial charge is 0.457 e. The fraction of sp³-hybridized carbons (Fsp3) is 0.200. The third kappa shape index (κ3) is 3.89. The van der Waals surface area contributed by atoms with E-state index in [1.165, 1.54) is 11.1 Å². The molecule has 0 N–H and O–H groups in total. The summed E-state index contributed by atoms with van der Waals surface area (Å²) in [5.41, 5.74) is 9.82.